The summed E-state index contributed by atoms with van der Waals surface area (Å²) in [6.07, 6.45) is 0.794. The minimum Gasteiger partial charge on any atom is -0.492 e. The fourth-order valence-electron chi connectivity index (χ4n) is 1.33. The Hall–Kier alpha value is -1.82. The Morgan fingerprint density at radius 1 is 1.33 bits per heavy atom. The molecule has 6 heteroatoms. The standard InChI is InChI=1S/C12H18N2O4/c1-3-7-18-12-9-10(17-8-6-13-2)4-5-11(12)14(15)16/h4-5,9,13H,3,6-8H2,1-2H3. The Balaban J connectivity index is 2.80. The van der Waals surface area contributed by atoms with E-state index in [1.807, 2.05) is 14.0 Å². The lowest BCUT2D eigenvalue weighted by Gasteiger charge is -2.09. The van der Waals surface area contributed by atoms with Gasteiger partial charge in [0.25, 0.3) is 0 Å². The van der Waals surface area contributed by atoms with Crippen molar-refractivity contribution in [2.24, 2.45) is 0 Å². The van der Waals surface area contributed by atoms with Gasteiger partial charge in [-0.3, -0.25) is 10.1 Å². The minimum absolute atomic E-state index is 0.0376. The molecule has 0 spiro atoms. The quantitative estimate of drug-likeness (QED) is 0.436. The molecule has 0 aliphatic rings. The number of likely N-dealkylation sites (N-methyl/N-ethyl adjacent to an activating group) is 1. The average molecular weight is 254 g/mol. The van der Waals surface area contributed by atoms with Crippen molar-refractivity contribution in [1.82, 2.24) is 5.32 Å². The first-order valence-corrected chi connectivity index (χ1v) is 5.87. The highest BCUT2D eigenvalue weighted by Crippen LogP contribution is 2.31. The molecule has 0 saturated heterocycles. The normalized spacial score (nSPS) is 10.1. The van der Waals surface area contributed by atoms with Crippen molar-refractivity contribution < 1.29 is 14.4 Å². The van der Waals surface area contributed by atoms with Gasteiger partial charge >= 0.3 is 5.69 Å². The molecule has 0 aromatic heterocycles. The molecule has 1 aromatic rings. The highest BCUT2D eigenvalue weighted by molar-refractivity contribution is 5.50. The largest absolute Gasteiger partial charge is 0.492 e. The van der Waals surface area contributed by atoms with Crippen LogP contribution in [0.15, 0.2) is 18.2 Å². The number of ether oxygens (including phenoxy) is 2. The maximum absolute atomic E-state index is 10.8. The first-order chi connectivity index (χ1) is 8.69. The van der Waals surface area contributed by atoms with E-state index in [0.29, 0.717) is 25.5 Å². The number of nitrogens with one attached hydrogen (secondary N) is 1. The van der Waals surface area contributed by atoms with Crippen molar-refractivity contribution in [2.45, 2.75) is 13.3 Å². The van der Waals surface area contributed by atoms with Crippen molar-refractivity contribution in [3.8, 4) is 11.5 Å². The molecule has 0 atom stereocenters. The third-order valence-electron chi connectivity index (χ3n) is 2.21. The lowest BCUT2D eigenvalue weighted by Crippen LogP contribution is -2.16. The number of nitro groups is 1. The summed E-state index contributed by atoms with van der Waals surface area (Å²) in [5.74, 6) is 0.825. The number of hydrogen-bond acceptors (Lipinski definition) is 5. The number of hydrogen-bond donors (Lipinski definition) is 1. The summed E-state index contributed by atoms with van der Waals surface area (Å²) in [4.78, 5) is 10.4. The molecular weight excluding hydrogens is 236 g/mol. The molecule has 0 aliphatic heterocycles. The Morgan fingerprint density at radius 3 is 2.72 bits per heavy atom. The molecular formula is C12H18N2O4. The fourth-order valence-corrected chi connectivity index (χ4v) is 1.33. The van der Waals surface area contributed by atoms with E-state index in [1.54, 1.807) is 12.1 Å². The Labute approximate surface area is 106 Å². The van der Waals surface area contributed by atoms with Crippen molar-refractivity contribution in [3.63, 3.8) is 0 Å². The molecule has 1 aromatic carbocycles. The molecule has 18 heavy (non-hydrogen) atoms. The summed E-state index contributed by atoms with van der Waals surface area (Å²) in [5, 5.41) is 13.8. The minimum atomic E-state index is -0.456. The first-order valence-electron chi connectivity index (χ1n) is 5.87. The summed E-state index contributed by atoms with van der Waals surface area (Å²) in [6.45, 7) is 3.60. The van der Waals surface area contributed by atoms with Crippen LogP contribution in [0.3, 0.4) is 0 Å². The number of nitro benzene ring substituents is 1. The molecule has 0 radical (unpaired) electrons. The molecule has 1 rings (SSSR count). The maximum Gasteiger partial charge on any atom is 0.311 e. The van der Waals surface area contributed by atoms with E-state index in [4.69, 9.17) is 9.47 Å². The Morgan fingerprint density at radius 2 is 2.11 bits per heavy atom. The molecule has 0 unspecified atom stereocenters. The summed E-state index contributed by atoms with van der Waals surface area (Å²) in [6, 6.07) is 4.54. The van der Waals surface area contributed by atoms with Gasteiger partial charge in [0.15, 0.2) is 0 Å². The van der Waals surface area contributed by atoms with Crippen molar-refractivity contribution >= 4 is 5.69 Å². The molecule has 0 bridgehead atoms. The Bertz CT molecular complexity index is 396. The van der Waals surface area contributed by atoms with Gasteiger partial charge in [0.05, 0.1) is 11.5 Å². The molecule has 0 aliphatic carbocycles. The van der Waals surface area contributed by atoms with E-state index in [9.17, 15) is 10.1 Å². The summed E-state index contributed by atoms with van der Waals surface area (Å²) in [5.41, 5.74) is -0.0376. The van der Waals surface area contributed by atoms with Gasteiger partial charge in [0.2, 0.25) is 5.75 Å². The van der Waals surface area contributed by atoms with Gasteiger partial charge in [-0.05, 0) is 19.5 Å². The van der Waals surface area contributed by atoms with Crippen LogP contribution in [0.4, 0.5) is 5.69 Å². The van der Waals surface area contributed by atoms with Crippen LogP contribution in [0.1, 0.15) is 13.3 Å². The van der Waals surface area contributed by atoms with Gasteiger partial charge in [-0.15, -0.1) is 0 Å². The topological polar surface area (TPSA) is 73.6 Å². The van der Waals surface area contributed by atoms with Crippen molar-refractivity contribution in [2.75, 3.05) is 26.8 Å². The smallest absolute Gasteiger partial charge is 0.311 e. The van der Waals surface area contributed by atoms with Crippen LogP contribution < -0.4 is 14.8 Å². The SMILES string of the molecule is CCCOc1cc(OCCNC)ccc1[N+](=O)[O-]. The van der Waals surface area contributed by atoms with E-state index >= 15 is 0 Å². The van der Waals surface area contributed by atoms with Crippen molar-refractivity contribution in [3.05, 3.63) is 28.3 Å². The molecule has 0 heterocycles. The van der Waals surface area contributed by atoms with Crippen LogP contribution in [-0.4, -0.2) is 31.7 Å². The Kier molecular flexibility index (Phi) is 5.93. The van der Waals surface area contributed by atoms with E-state index in [1.165, 1.54) is 6.07 Å². The molecule has 0 saturated carbocycles. The van der Waals surface area contributed by atoms with Crippen LogP contribution in [-0.2, 0) is 0 Å². The highest BCUT2D eigenvalue weighted by atomic mass is 16.6. The number of benzene rings is 1. The zero-order valence-electron chi connectivity index (χ0n) is 10.6. The molecule has 6 nitrogen and oxygen atoms in total. The zero-order chi connectivity index (χ0) is 13.4. The van der Waals surface area contributed by atoms with Gasteiger partial charge in [-0.2, -0.15) is 0 Å². The van der Waals surface area contributed by atoms with Crippen LogP contribution in [0.5, 0.6) is 11.5 Å². The third kappa shape index (κ3) is 4.21. The second-order valence-electron chi connectivity index (χ2n) is 3.69. The number of nitrogens with zero attached hydrogens (tertiary/aromatic N) is 1. The summed E-state index contributed by atoms with van der Waals surface area (Å²) >= 11 is 0. The van der Waals surface area contributed by atoms with E-state index in [0.717, 1.165) is 6.42 Å². The molecule has 0 fully saturated rings. The number of rotatable bonds is 8. The zero-order valence-corrected chi connectivity index (χ0v) is 10.6. The summed E-state index contributed by atoms with van der Waals surface area (Å²) in [7, 11) is 1.83. The van der Waals surface area contributed by atoms with Gasteiger partial charge in [-0.1, -0.05) is 6.92 Å². The lowest BCUT2D eigenvalue weighted by molar-refractivity contribution is -0.385. The first kappa shape index (κ1) is 14.2. The molecule has 1 N–H and O–H groups in total. The predicted octanol–water partition coefficient (Wildman–Crippen LogP) is 1.98. The maximum atomic E-state index is 10.8. The van der Waals surface area contributed by atoms with Crippen molar-refractivity contribution in [1.29, 1.82) is 0 Å². The summed E-state index contributed by atoms with van der Waals surface area (Å²) < 4.78 is 10.8. The molecule has 0 amide bonds. The van der Waals surface area contributed by atoms with Gasteiger partial charge < -0.3 is 14.8 Å². The molecule has 100 valence electrons. The average Bonchev–Trinajstić information content (AvgIpc) is 2.36. The van der Waals surface area contributed by atoms with Crippen LogP contribution >= 0.6 is 0 Å². The third-order valence-corrected chi connectivity index (χ3v) is 2.21. The second-order valence-corrected chi connectivity index (χ2v) is 3.69. The van der Waals surface area contributed by atoms with Gasteiger partial charge in [0.1, 0.15) is 12.4 Å². The second kappa shape index (κ2) is 7.50. The predicted molar refractivity (Wildman–Crippen MR) is 68.3 cm³/mol. The fraction of sp³-hybridized carbons (Fsp3) is 0.500. The highest BCUT2D eigenvalue weighted by Gasteiger charge is 2.15. The lowest BCUT2D eigenvalue weighted by atomic mass is 10.3. The van der Waals surface area contributed by atoms with Gasteiger partial charge in [0, 0.05) is 18.7 Å². The van der Waals surface area contributed by atoms with Crippen LogP contribution in [0.2, 0.25) is 0 Å². The van der Waals surface area contributed by atoms with E-state index in [-0.39, 0.29) is 11.4 Å². The van der Waals surface area contributed by atoms with Crippen LogP contribution in [0, 0.1) is 10.1 Å². The van der Waals surface area contributed by atoms with E-state index < -0.39 is 4.92 Å². The monoisotopic (exact) mass is 254 g/mol. The van der Waals surface area contributed by atoms with Crippen LogP contribution in [0.25, 0.3) is 0 Å². The van der Waals surface area contributed by atoms with E-state index in [2.05, 4.69) is 5.32 Å². The van der Waals surface area contributed by atoms with Gasteiger partial charge in [-0.25, -0.2) is 0 Å².